The second-order valence-corrected chi connectivity index (χ2v) is 6.33. The Morgan fingerprint density at radius 2 is 2.04 bits per heavy atom. The number of hydrogen-bond acceptors (Lipinski definition) is 3. The third-order valence-corrected chi connectivity index (χ3v) is 4.47. The van der Waals surface area contributed by atoms with Crippen molar-refractivity contribution in [2.45, 2.75) is 38.9 Å². The van der Waals surface area contributed by atoms with E-state index < -0.39 is 11.6 Å². The maximum absolute atomic E-state index is 13.4. The van der Waals surface area contributed by atoms with Crippen molar-refractivity contribution >= 4 is 10.9 Å². The van der Waals surface area contributed by atoms with Crippen LogP contribution < -0.4 is 5.32 Å². The Kier molecular flexibility index (Phi) is 3.76. The molecule has 0 amide bonds. The van der Waals surface area contributed by atoms with Gasteiger partial charge in [-0.1, -0.05) is 6.07 Å². The van der Waals surface area contributed by atoms with Gasteiger partial charge >= 0.3 is 0 Å². The molecule has 124 valence electrons. The number of hydrogen-bond donors (Lipinski definition) is 1. The van der Waals surface area contributed by atoms with Gasteiger partial charge < -0.3 is 9.88 Å². The second-order valence-electron chi connectivity index (χ2n) is 6.33. The summed E-state index contributed by atoms with van der Waals surface area (Å²) < 4.78 is 28.8. The second kappa shape index (κ2) is 5.94. The number of fused-ring (bicyclic) bond motifs is 2. The van der Waals surface area contributed by atoms with Gasteiger partial charge in [-0.2, -0.15) is 0 Å². The predicted octanol–water partition coefficient (Wildman–Crippen LogP) is 3.12. The minimum atomic E-state index is -0.865. The van der Waals surface area contributed by atoms with Crippen LogP contribution in [0.15, 0.2) is 30.5 Å². The molecule has 4 rings (SSSR count). The maximum Gasteiger partial charge on any atom is 0.161 e. The molecule has 3 aromatic rings. The molecule has 1 unspecified atom stereocenters. The van der Waals surface area contributed by atoms with Gasteiger partial charge in [-0.05, 0) is 25.5 Å². The molecule has 0 fully saturated rings. The van der Waals surface area contributed by atoms with E-state index in [0.717, 1.165) is 42.7 Å². The average Bonchev–Trinajstić information content (AvgIpc) is 2.93. The van der Waals surface area contributed by atoms with E-state index in [2.05, 4.69) is 26.0 Å². The van der Waals surface area contributed by atoms with Crippen LogP contribution in [0.25, 0.3) is 10.9 Å². The smallest absolute Gasteiger partial charge is 0.161 e. The lowest BCUT2D eigenvalue weighted by Crippen LogP contribution is -2.37. The number of imidazole rings is 1. The number of halogens is 2. The molecule has 2 aromatic heterocycles. The van der Waals surface area contributed by atoms with Gasteiger partial charge in [0.25, 0.3) is 0 Å². The van der Waals surface area contributed by atoms with E-state index >= 15 is 0 Å². The summed E-state index contributed by atoms with van der Waals surface area (Å²) in [6.45, 7) is 3.50. The molecular formula is C18H18F2N4. The fourth-order valence-corrected chi connectivity index (χ4v) is 3.26. The van der Waals surface area contributed by atoms with Crippen molar-refractivity contribution < 1.29 is 8.78 Å². The molecule has 0 saturated carbocycles. The van der Waals surface area contributed by atoms with Gasteiger partial charge in [0.2, 0.25) is 0 Å². The van der Waals surface area contributed by atoms with Crippen molar-refractivity contribution in [1.29, 1.82) is 0 Å². The summed E-state index contributed by atoms with van der Waals surface area (Å²) in [6.07, 6.45) is 4.07. The number of nitrogens with zero attached hydrogens (tertiary/aromatic N) is 3. The molecule has 1 aliphatic heterocycles. The summed E-state index contributed by atoms with van der Waals surface area (Å²) in [7, 11) is 0. The first kappa shape index (κ1) is 15.2. The van der Waals surface area contributed by atoms with Gasteiger partial charge in [0, 0.05) is 43.2 Å². The Morgan fingerprint density at radius 3 is 2.92 bits per heavy atom. The number of aromatic nitrogens is 3. The SMILES string of the molecule is Cc1cn2c(n1)CCC(NCc1ccc3cc(F)c(F)cc3n1)C2. The van der Waals surface area contributed by atoms with Crippen molar-refractivity contribution in [3.8, 4) is 0 Å². The molecule has 0 radical (unpaired) electrons. The zero-order valence-corrected chi connectivity index (χ0v) is 13.4. The molecule has 1 N–H and O–H groups in total. The van der Waals surface area contributed by atoms with Crippen LogP contribution in [0.4, 0.5) is 8.78 Å². The van der Waals surface area contributed by atoms with Crippen LogP contribution in [-0.4, -0.2) is 20.6 Å². The lowest BCUT2D eigenvalue weighted by molar-refractivity contribution is 0.377. The molecule has 1 aliphatic rings. The van der Waals surface area contributed by atoms with Crippen molar-refractivity contribution in [2.24, 2.45) is 0 Å². The molecule has 0 bridgehead atoms. The van der Waals surface area contributed by atoms with E-state index in [-0.39, 0.29) is 0 Å². The summed E-state index contributed by atoms with van der Waals surface area (Å²) in [6, 6.07) is 6.31. The van der Waals surface area contributed by atoms with Crippen LogP contribution in [0, 0.1) is 18.6 Å². The third kappa shape index (κ3) is 2.89. The molecule has 0 aliphatic carbocycles. The quantitative estimate of drug-likeness (QED) is 0.803. The molecule has 6 heteroatoms. The fourth-order valence-electron chi connectivity index (χ4n) is 3.26. The van der Waals surface area contributed by atoms with Crippen LogP contribution in [0.5, 0.6) is 0 Å². The Labute approximate surface area is 138 Å². The number of benzene rings is 1. The minimum Gasteiger partial charge on any atom is -0.333 e. The van der Waals surface area contributed by atoms with E-state index in [1.54, 1.807) is 6.07 Å². The van der Waals surface area contributed by atoms with Crippen molar-refractivity contribution in [1.82, 2.24) is 19.9 Å². The third-order valence-electron chi connectivity index (χ3n) is 4.47. The Hall–Kier alpha value is -2.34. The van der Waals surface area contributed by atoms with Crippen molar-refractivity contribution in [3.63, 3.8) is 0 Å². The van der Waals surface area contributed by atoms with E-state index in [4.69, 9.17) is 0 Å². The van der Waals surface area contributed by atoms with E-state index in [1.165, 1.54) is 6.07 Å². The zero-order chi connectivity index (χ0) is 16.7. The molecule has 4 nitrogen and oxygen atoms in total. The van der Waals surface area contributed by atoms with Crippen LogP contribution in [0.1, 0.15) is 23.6 Å². The monoisotopic (exact) mass is 328 g/mol. The van der Waals surface area contributed by atoms with Gasteiger partial charge in [0.15, 0.2) is 11.6 Å². The highest BCUT2D eigenvalue weighted by atomic mass is 19.2. The van der Waals surface area contributed by atoms with Gasteiger partial charge in [0.1, 0.15) is 5.82 Å². The van der Waals surface area contributed by atoms with Gasteiger partial charge in [-0.15, -0.1) is 0 Å². The van der Waals surface area contributed by atoms with Gasteiger partial charge in [-0.3, -0.25) is 4.98 Å². The van der Waals surface area contributed by atoms with Crippen LogP contribution in [-0.2, 0) is 19.5 Å². The maximum atomic E-state index is 13.4. The zero-order valence-electron chi connectivity index (χ0n) is 13.4. The number of rotatable bonds is 3. The van der Waals surface area contributed by atoms with E-state index in [9.17, 15) is 8.78 Å². The summed E-state index contributed by atoms with van der Waals surface area (Å²) in [5, 5.41) is 4.11. The normalized spacial score (nSPS) is 17.2. The first-order valence-electron chi connectivity index (χ1n) is 8.09. The lowest BCUT2D eigenvalue weighted by atomic mass is 10.1. The molecule has 3 heterocycles. The van der Waals surface area contributed by atoms with Gasteiger partial charge in [0.05, 0.1) is 16.9 Å². The number of aryl methyl sites for hydroxylation is 2. The Balaban J connectivity index is 1.46. The molecule has 0 saturated heterocycles. The fraction of sp³-hybridized carbons (Fsp3) is 0.333. The first-order chi connectivity index (χ1) is 11.6. The van der Waals surface area contributed by atoms with E-state index in [1.807, 2.05) is 13.0 Å². The van der Waals surface area contributed by atoms with E-state index in [0.29, 0.717) is 23.5 Å². The summed E-state index contributed by atoms with van der Waals surface area (Å²) in [4.78, 5) is 8.93. The van der Waals surface area contributed by atoms with Crippen molar-refractivity contribution in [3.05, 3.63) is 59.3 Å². The largest absolute Gasteiger partial charge is 0.333 e. The summed E-state index contributed by atoms with van der Waals surface area (Å²) in [5.74, 6) is -0.564. The molecule has 0 spiro atoms. The molecule has 1 aromatic carbocycles. The highest BCUT2D eigenvalue weighted by Crippen LogP contribution is 2.18. The lowest BCUT2D eigenvalue weighted by Gasteiger charge is -2.24. The van der Waals surface area contributed by atoms with Crippen LogP contribution in [0.3, 0.4) is 0 Å². The highest BCUT2D eigenvalue weighted by molar-refractivity contribution is 5.78. The molecule has 1 atom stereocenters. The minimum absolute atomic E-state index is 0.355. The van der Waals surface area contributed by atoms with Crippen LogP contribution >= 0.6 is 0 Å². The molecule has 24 heavy (non-hydrogen) atoms. The Bertz CT molecular complexity index is 903. The summed E-state index contributed by atoms with van der Waals surface area (Å²) in [5.41, 5.74) is 2.35. The topological polar surface area (TPSA) is 42.7 Å². The Morgan fingerprint density at radius 1 is 1.21 bits per heavy atom. The number of nitrogens with one attached hydrogen (secondary N) is 1. The van der Waals surface area contributed by atoms with Crippen molar-refractivity contribution in [2.75, 3.05) is 0 Å². The number of pyridine rings is 1. The average molecular weight is 328 g/mol. The standard InChI is InChI=1S/C18H18F2N4/c1-11-9-24-10-14(4-5-18(24)22-11)21-8-13-3-2-12-6-15(19)16(20)7-17(12)23-13/h2-3,6-7,9,14,21H,4-5,8,10H2,1H3. The van der Waals surface area contributed by atoms with Crippen LogP contribution in [0.2, 0.25) is 0 Å². The first-order valence-corrected chi connectivity index (χ1v) is 8.09. The summed E-state index contributed by atoms with van der Waals surface area (Å²) >= 11 is 0. The predicted molar refractivity (Wildman–Crippen MR) is 87.6 cm³/mol. The molecular weight excluding hydrogens is 310 g/mol. The highest BCUT2D eigenvalue weighted by Gasteiger charge is 2.19. The van der Waals surface area contributed by atoms with Gasteiger partial charge in [-0.25, -0.2) is 13.8 Å².